The molecule has 0 amide bonds. The first-order valence-corrected chi connectivity index (χ1v) is 7.52. The lowest BCUT2D eigenvalue weighted by molar-refractivity contribution is -0.883. The van der Waals surface area contributed by atoms with E-state index in [9.17, 15) is 5.21 Å². The standard InChI is InChI=1S/C14H23N5O/c15-11-10-12(17-13(16)19(11)20)18-8-6-14(7-9-18)4-2-1-3-5-14/h10,20H,1-9H2,(H3,15,16,17)/p+1. The Hall–Kier alpha value is -1.72. The van der Waals surface area contributed by atoms with Crippen LogP contribution in [0.4, 0.5) is 17.6 Å². The largest absolute Gasteiger partial charge is 0.383 e. The van der Waals surface area contributed by atoms with Gasteiger partial charge in [0.05, 0.1) is 6.07 Å². The smallest absolute Gasteiger partial charge is 0.382 e. The Kier molecular flexibility index (Phi) is 3.31. The van der Waals surface area contributed by atoms with Crippen LogP contribution in [0.1, 0.15) is 44.9 Å². The number of nitrogens with zero attached hydrogens (tertiary/aromatic N) is 3. The van der Waals surface area contributed by atoms with Crippen LogP contribution in [0.15, 0.2) is 6.07 Å². The molecule has 0 bridgehead atoms. The van der Waals surface area contributed by atoms with Gasteiger partial charge in [-0.15, -0.1) is 0 Å². The van der Waals surface area contributed by atoms with Crippen molar-refractivity contribution in [3.63, 3.8) is 0 Å². The summed E-state index contributed by atoms with van der Waals surface area (Å²) in [5.41, 5.74) is 12.0. The maximum atomic E-state index is 9.51. The highest BCUT2D eigenvalue weighted by Gasteiger charge is 2.36. The molecular weight excluding hydrogens is 254 g/mol. The number of piperidine rings is 1. The minimum atomic E-state index is 0.0398. The Bertz CT molecular complexity index is 465. The van der Waals surface area contributed by atoms with Crippen molar-refractivity contribution in [3.05, 3.63) is 6.07 Å². The van der Waals surface area contributed by atoms with E-state index in [1.807, 2.05) is 0 Å². The fourth-order valence-corrected chi connectivity index (χ4v) is 3.70. The summed E-state index contributed by atoms with van der Waals surface area (Å²) in [5.74, 6) is 1.04. The van der Waals surface area contributed by atoms with E-state index in [0.717, 1.165) is 23.6 Å². The molecule has 0 aromatic carbocycles. The van der Waals surface area contributed by atoms with Crippen molar-refractivity contribution in [1.82, 2.24) is 4.98 Å². The van der Waals surface area contributed by atoms with Gasteiger partial charge in [-0.05, 0) is 35.8 Å². The maximum Gasteiger partial charge on any atom is 0.383 e. The van der Waals surface area contributed by atoms with Gasteiger partial charge in [0.2, 0.25) is 5.82 Å². The van der Waals surface area contributed by atoms with Crippen molar-refractivity contribution in [1.29, 1.82) is 0 Å². The third-order valence-corrected chi connectivity index (χ3v) is 5.03. The van der Waals surface area contributed by atoms with Gasteiger partial charge in [0.25, 0.3) is 0 Å². The van der Waals surface area contributed by atoms with Gasteiger partial charge in [-0.1, -0.05) is 24.2 Å². The SMILES string of the molecule is Nc1cc(N2CCC3(CCCCC3)CC2)nc(N)[n+]1O. The van der Waals surface area contributed by atoms with Crippen LogP contribution in [0, 0.1) is 5.41 Å². The fraction of sp³-hybridized carbons (Fsp3) is 0.714. The molecule has 1 saturated heterocycles. The van der Waals surface area contributed by atoms with Crippen molar-refractivity contribution in [3.8, 4) is 0 Å². The second kappa shape index (κ2) is 5.00. The Labute approximate surface area is 119 Å². The third-order valence-electron chi connectivity index (χ3n) is 5.03. The molecule has 6 heteroatoms. The Balaban J connectivity index is 1.72. The van der Waals surface area contributed by atoms with E-state index >= 15 is 0 Å². The molecule has 110 valence electrons. The Morgan fingerprint density at radius 1 is 1.10 bits per heavy atom. The Morgan fingerprint density at radius 3 is 2.35 bits per heavy atom. The third kappa shape index (κ3) is 2.34. The first-order valence-electron chi connectivity index (χ1n) is 7.52. The van der Waals surface area contributed by atoms with Crippen LogP contribution < -0.4 is 21.1 Å². The molecule has 5 N–H and O–H groups in total. The first kappa shape index (κ1) is 13.3. The second-order valence-corrected chi connectivity index (χ2v) is 6.26. The second-order valence-electron chi connectivity index (χ2n) is 6.26. The number of anilines is 3. The van der Waals surface area contributed by atoms with E-state index in [1.54, 1.807) is 6.07 Å². The fourth-order valence-electron chi connectivity index (χ4n) is 3.70. The topological polar surface area (TPSA) is 92.3 Å². The number of hydrogen-bond donors (Lipinski definition) is 3. The highest BCUT2D eigenvalue weighted by Crippen LogP contribution is 2.44. The van der Waals surface area contributed by atoms with Crippen molar-refractivity contribution in [2.45, 2.75) is 44.9 Å². The molecule has 0 unspecified atom stereocenters. The normalized spacial score (nSPS) is 22.1. The number of nitrogens with two attached hydrogens (primary N) is 2. The highest BCUT2D eigenvalue weighted by molar-refractivity contribution is 5.46. The summed E-state index contributed by atoms with van der Waals surface area (Å²) >= 11 is 0. The summed E-state index contributed by atoms with van der Waals surface area (Å²) in [4.78, 5) is 6.46. The van der Waals surface area contributed by atoms with Crippen LogP contribution in [0.2, 0.25) is 0 Å². The summed E-state index contributed by atoms with van der Waals surface area (Å²) in [5, 5.41) is 9.51. The van der Waals surface area contributed by atoms with Crippen LogP contribution in [-0.4, -0.2) is 23.3 Å². The molecule has 0 atom stereocenters. The average Bonchev–Trinajstić information content (AvgIpc) is 2.46. The summed E-state index contributed by atoms with van der Waals surface area (Å²) in [6, 6.07) is 1.69. The van der Waals surface area contributed by atoms with Crippen molar-refractivity contribution in [2.75, 3.05) is 29.5 Å². The highest BCUT2D eigenvalue weighted by atomic mass is 16.5. The molecule has 6 nitrogen and oxygen atoms in total. The zero-order valence-corrected chi connectivity index (χ0v) is 11.9. The molecule has 1 aliphatic carbocycles. The van der Waals surface area contributed by atoms with Gasteiger partial charge >= 0.3 is 5.95 Å². The van der Waals surface area contributed by atoms with E-state index in [4.69, 9.17) is 11.5 Å². The predicted molar refractivity (Wildman–Crippen MR) is 77.4 cm³/mol. The van der Waals surface area contributed by atoms with Gasteiger partial charge in [-0.2, -0.15) is 0 Å². The molecule has 1 spiro atoms. The van der Waals surface area contributed by atoms with Crippen molar-refractivity contribution < 1.29 is 9.94 Å². The van der Waals surface area contributed by atoms with E-state index < -0.39 is 0 Å². The lowest BCUT2D eigenvalue weighted by Crippen LogP contribution is -2.43. The summed E-state index contributed by atoms with van der Waals surface area (Å²) in [6.45, 7) is 2.00. The first-order chi connectivity index (χ1) is 9.60. The van der Waals surface area contributed by atoms with E-state index in [-0.39, 0.29) is 11.8 Å². The van der Waals surface area contributed by atoms with Gasteiger partial charge in [-0.3, -0.25) is 0 Å². The molecule has 1 aromatic heterocycles. The predicted octanol–water partition coefficient (Wildman–Crippen LogP) is 1.32. The molecule has 2 fully saturated rings. The van der Waals surface area contributed by atoms with Gasteiger partial charge in [0.1, 0.15) is 0 Å². The summed E-state index contributed by atoms with van der Waals surface area (Å²) in [6.07, 6.45) is 9.37. The number of hydrogen-bond acceptors (Lipinski definition) is 5. The van der Waals surface area contributed by atoms with Crippen molar-refractivity contribution >= 4 is 17.6 Å². The number of nitrogen functional groups attached to an aromatic ring is 2. The van der Waals surface area contributed by atoms with Crippen LogP contribution in [0.3, 0.4) is 0 Å². The molecule has 1 saturated carbocycles. The van der Waals surface area contributed by atoms with E-state index in [2.05, 4.69) is 9.88 Å². The van der Waals surface area contributed by atoms with Crippen molar-refractivity contribution in [2.24, 2.45) is 5.41 Å². The number of rotatable bonds is 1. The van der Waals surface area contributed by atoms with E-state index in [1.165, 1.54) is 44.9 Å². The van der Waals surface area contributed by atoms with Gasteiger partial charge in [0.15, 0.2) is 5.82 Å². The zero-order chi connectivity index (χ0) is 14.2. The monoisotopic (exact) mass is 278 g/mol. The van der Waals surface area contributed by atoms with Crippen LogP contribution in [0.25, 0.3) is 0 Å². The molecule has 20 heavy (non-hydrogen) atoms. The average molecular weight is 278 g/mol. The molecule has 3 rings (SSSR count). The van der Waals surface area contributed by atoms with Gasteiger partial charge < -0.3 is 21.6 Å². The van der Waals surface area contributed by atoms with Crippen LogP contribution >= 0.6 is 0 Å². The molecule has 0 radical (unpaired) electrons. The minimum absolute atomic E-state index is 0.0398. The molecule has 1 aliphatic heterocycles. The maximum absolute atomic E-state index is 9.51. The summed E-state index contributed by atoms with van der Waals surface area (Å²) in [7, 11) is 0. The van der Waals surface area contributed by atoms with E-state index in [0.29, 0.717) is 5.41 Å². The summed E-state index contributed by atoms with van der Waals surface area (Å²) < 4.78 is 0.718. The minimum Gasteiger partial charge on any atom is -0.382 e. The molecule has 1 aromatic rings. The lowest BCUT2D eigenvalue weighted by atomic mass is 9.68. The number of aromatic nitrogens is 2. The van der Waals surface area contributed by atoms with Crippen LogP contribution in [-0.2, 0) is 0 Å². The quantitative estimate of drug-likeness (QED) is 0.532. The lowest BCUT2D eigenvalue weighted by Gasteiger charge is -2.44. The van der Waals surface area contributed by atoms with Gasteiger partial charge in [0, 0.05) is 13.1 Å². The molecule has 2 aliphatic rings. The Morgan fingerprint density at radius 2 is 1.75 bits per heavy atom. The molecular formula is C14H24N5O+. The molecule has 2 heterocycles. The zero-order valence-electron chi connectivity index (χ0n) is 11.9. The van der Waals surface area contributed by atoms with Gasteiger partial charge in [-0.25, -0.2) is 0 Å². The van der Waals surface area contributed by atoms with Crippen LogP contribution in [0.5, 0.6) is 0 Å².